The van der Waals surface area contributed by atoms with E-state index in [2.05, 4.69) is 80.9 Å². The van der Waals surface area contributed by atoms with Crippen LogP contribution in [0.2, 0.25) is 36.3 Å². The van der Waals surface area contributed by atoms with Crippen molar-refractivity contribution >= 4 is 28.8 Å². The van der Waals surface area contributed by atoms with Crippen molar-refractivity contribution in [2.24, 2.45) is 0 Å². The average molecular weight is 485 g/mol. The molecule has 0 unspecified atom stereocenters. The van der Waals surface area contributed by atoms with Crippen molar-refractivity contribution < 1.29 is 8.85 Å². The van der Waals surface area contributed by atoms with Gasteiger partial charge in [-0.25, -0.2) is 0 Å². The summed E-state index contributed by atoms with van der Waals surface area (Å²) in [6.45, 7) is 30.0. The first-order valence-electron chi connectivity index (χ1n) is 11.4. The minimum Gasteiger partial charge on any atom is -0.544 e. The van der Waals surface area contributed by atoms with Gasteiger partial charge in [0.25, 0.3) is 0 Å². The molecule has 0 N–H and O–H groups in total. The van der Waals surface area contributed by atoms with E-state index in [4.69, 9.17) is 8.85 Å². The Balaban J connectivity index is 0.000000602. The fourth-order valence-corrected chi connectivity index (χ4v) is 4.30. The van der Waals surface area contributed by atoms with Gasteiger partial charge in [0.15, 0.2) is 0 Å². The summed E-state index contributed by atoms with van der Waals surface area (Å²) in [5.74, 6) is 1.94. The molecule has 0 radical (unpaired) electrons. The second kappa shape index (κ2) is 11.9. The van der Waals surface area contributed by atoms with Crippen molar-refractivity contribution in [1.29, 1.82) is 0 Å². The Morgan fingerprint density at radius 2 is 0.818 bits per heavy atom. The van der Waals surface area contributed by atoms with Crippen LogP contribution in [-0.4, -0.2) is 16.6 Å². The van der Waals surface area contributed by atoms with Gasteiger partial charge in [-0.2, -0.15) is 0 Å². The zero-order chi connectivity index (χ0) is 24.8. The van der Waals surface area contributed by atoms with Gasteiger partial charge in [0, 0.05) is 0 Å². The van der Waals surface area contributed by atoms with Crippen LogP contribution >= 0.6 is 0 Å². The van der Waals surface area contributed by atoms with Crippen LogP contribution in [0.25, 0.3) is 12.2 Å². The third-order valence-corrected chi connectivity index (χ3v) is 15.3. The van der Waals surface area contributed by atoms with Gasteiger partial charge in [-0.3, -0.25) is 0 Å². The Morgan fingerprint density at radius 1 is 0.576 bits per heavy atom. The lowest BCUT2D eigenvalue weighted by atomic mass is 10.2. The van der Waals surface area contributed by atoms with Crippen LogP contribution in [0.3, 0.4) is 0 Å². The van der Waals surface area contributed by atoms with E-state index in [0.717, 1.165) is 22.6 Å². The minimum absolute atomic E-state index is 0. The van der Waals surface area contributed by atoms with Crippen LogP contribution in [0.15, 0.2) is 61.7 Å². The summed E-state index contributed by atoms with van der Waals surface area (Å²) in [7, 11) is -3.40. The monoisotopic (exact) mass is 484 g/mol. The largest absolute Gasteiger partial charge is 0.544 e. The van der Waals surface area contributed by atoms with Gasteiger partial charge in [0.2, 0.25) is 16.6 Å². The predicted octanol–water partition coefficient (Wildman–Crippen LogP) is 10.1. The van der Waals surface area contributed by atoms with Gasteiger partial charge < -0.3 is 8.85 Å². The van der Waals surface area contributed by atoms with Gasteiger partial charge >= 0.3 is 0 Å². The van der Waals surface area contributed by atoms with E-state index in [-0.39, 0.29) is 17.5 Å². The molecule has 2 rings (SSSR count). The third-order valence-electron chi connectivity index (χ3n) is 6.59. The molecule has 4 heteroatoms. The predicted molar refractivity (Wildman–Crippen MR) is 155 cm³/mol. The zero-order valence-corrected chi connectivity index (χ0v) is 24.0. The molecule has 0 fully saturated rings. The van der Waals surface area contributed by atoms with Crippen molar-refractivity contribution in [3.05, 3.63) is 72.8 Å². The van der Waals surface area contributed by atoms with Gasteiger partial charge in [-0.15, -0.1) is 0 Å². The Labute approximate surface area is 207 Å². The normalized spacial score (nSPS) is 11.9. The Bertz CT molecular complexity index is 790. The van der Waals surface area contributed by atoms with E-state index >= 15 is 0 Å². The highest BCUT2D eigenvalue weighted by Gasteiger charge is 2.39. The molecule has 184 valence electrons. The summed E-state index contributed by atoms with van der Waals surface area (Å²) in [6.07, 6.45) is 3.69. The zero-order valence-electron chi connectivity index (χ0n) is 22.0. The number of benzene rings is 2. The molecule has 0 aliphatic carbocycles. The molecule has 2 aromatic rings. The third kappa shape index (κ3) is 9.38. The lowest BCUT2D eigenvalue weighted by molar-refractivity contribution is 0.492. The first-order chi connectivity index (χ1) is 14.5. The summed E-state index contributed by atoms with van der Waals surface area (Å²) < 4.78 is 12.3. The number of hydrogen-bond donors (Lipinski definition) is 0. The molecule has 0 spiro atoms. The van der Waals surface area contributed by atoms with Crippen LogP contribution in [-0.2, 0) is 0 Å². The topological polar surface area (TPSA) is 18.5 Å². The second-order valence-corrected chi connectivity index (χ2v) is 20.7. The molecule has 33 heavy (non-hydrogen) atoms. The van der Waals surface area contributed by atoms with Gasteiger partial charge in [-0.05, 0) is 71.7 Å². The summed E-state index contributed by atoms with van der Waals surface area (Å²) in [5.41, 5.74) is 2.25. The van der Waals surface area contributed by atoms with Crippen molar-refractivity contribution in [2.75, 3.05) is 0 Å². The maximum Gasteiger partial charge on any atom is 0.250 e. The van der Waals surface area contributed by atoms with E-state index < -0.39 is 16.6 Å². The van der Waals surface area contributed by atoms with E-state index in [0.29, 0.717) is 0 Å². The SMILES string of the molecule is C.C=Cc1ccc(O[Si](C)(C)C(C)(C)C)cc1.C=Cc1ccc(O[Si](C)(C)C(C)(C)C)cc1. The summed E-state index contributed by atoms with van der Waals surface area (Å²) in [5, 5.41) is 0.480. The first kappa shape index (κ1) is 31.0. The minimum atomic E-state index is -1.70. The average Bonchev–Trinajstić information content (AvgIpc) is 2.67. The number of hydrogen-bond acceptors (Lipinski definition) is 2. The highest BCUT2D eigenvalue weighted by molar-refractivity contribution is 6.75. The van der Waals surface area contributed by atoms with E-state index in [9.17, 15) is 0 Å². The molecule has 0 amide bonds. The van der Waals surface area contributed by atoms with Crippen molar-refractivity contribution in [3.8, 4) is 11.5 Å². The van der Waals surface area contributed by atoms with Crippen molar-refractivity contribution in [2.45, 2.75) is 85.2 Å². The molecule has 0 atom stereocenters. The molecule has 2 aromatic carbocycles. The van der Waals surface area contributed by atoms with Crippen LogP contribution in [0, 0.1) is 0 Å². The summed E-state index contributed by atoms with van der Waals surface area (Å²) in [6, 6.07) is 16.2. The number of rotatable bonds is 6. The van der Waals surface area contributed by atoms with Crippen LogP contribution in [0.5, 0.6) is 11.5 Å². The Morgan fingerprint density at radius 3 is 1.00 bits per heavy atom. The molecule has 0 aromatic heterocycles. The molecule has 0 saturated carbocycles. The summed E-state index contributed by atoms with van der Waals surface area (Å²) >= 11 is 0. The van der Waals surface area contributed by atoms with Gasteiger partial charge in [-0.1, -0.05) is 98.5 Å². The van der Waals surface area contributed by atoms with Gasteiger partial charge in [0.05, 0.1) is 0 Å². The molecule has 2 nitrogen and oxygen atoms in total. The molecule has 0 aliphatic rings. The summed E-state index contributed by atoms with van der Waals surface area (Å²) in [4.78, 5) is 0. The lowest BCUT2D eigenvalue weighted by Crippen LogP contribution is -2.43. The lowest BCUT2D eigenvalue weighted by Gasteiger charge is -2.36. The Hall–Kier alpha value is -2.05. The second-order valence-electron chi connectivity index (χ2n) is 11.3. The van der Waals surface area contributed by atoms with E-state index in [1.54, 1.807) is 0 Å². The molecule has 0 heterocycles. The molecule has 0 aliphatic heterocycles. The fourth-order valence-electron chi connectivity index (χ4n) is 2.24. The van der Waals surface area contributed by atoms with Crippen LogP contribution < -0.4 is 8.85 Å². The quantitative estimate of drug-likeness (QED) is 0.380. The first-order valence-corrected chi connectivity index (χ1v) is 17.2. The van der Waals surface area contributed by atoms with Gasteiger partial charge in [0.1, 0.15) is 11.5 Å². The molecule has 0 bridgehead atoms. The van der Waals surface area contributed by atoms with E-state index in [1.807, 2.05) is 60.7 Å². The molecular formula is C29H48O2Si2. The highest BCUT2D eigenvalue weighted by atomic mass is 28.4. The highest BCUT2D eigenvalue weighted by Crippen LogP contribution is 2.38. The van der Waals surface area contributed by atoms with E-state index in [1.165, 1.54) is 0 Å². The maximum atomic E-state index is 6.17. The maximum absolute atomic E-state index is 6.17. The Kier molecular flexibility index (Phi) is 11.2. The van der Waals surface area contributed by atoms with Crippen LogP contribution in [0.4, 0.5) is 0 Å². The fraction of sp³-hybridized carbons (Fsp3) is 0.448. The molecule has 0 saturated heterocycles. The smallest absolute Gasteiger partial charge is 0.250 e. The molecular weight excluding hydrogens is 436 g/mol. The standard InChI is InChI=1S/2C14H22OSi.CH4/c2*1-7-12-8-10-13(11-9-12)15-16(5,6)14(2,3)4;/h2*7-11H,1H2,2-6H3;1H4. The van der Waals surface area contributed by atoms with Crippen LogP contribution in [0.1, 0.15) is 60.1 Å². The van der Waals surface area contributed by atoms with Crippen molar-refractivity contribution in [3.63, 3.8) is 0 Å². The van der Waals surface area contributed by atoms with Crippen molar-refractivity contribution in [1.82, 2.24) is 0 Å².